The molecule has 152 valence electrons. The van der Waals surface area contributed by atoms with Crippen molar-refractivity contribution in [2.24, 2.45) is 0 Å². The molecule has 1 aliphatic heterocycles. The Morgan fingerprint density at radius 2 is 1.53 bits per heavy atom. The molecule has 0 aromatic heterocycles. The van der Waals surface area contributed by atoms with Gasteiger partial charge in [0.15, 0.2) is 17.3 Å². The van der Waals surface area contributed by atoms with Gasteiger partial charge in [-0.2, -0.15) is 0 Å². The Labute approximate surface area is 179 Å². The summed E-state index contributed by atoms with van der Waals surface area (Å²) in [4.78, 5) is 25.8. The fourth-order valence-corrected chi connectivity index (χ4v) is 3.51. The third-order valence-corrected chi connectivity index (χ3v) is 5.13. The summed E-state index contributed by atoms with van der Waals surface area (Å²) in [5.41, 5.74) is 2.11. The van der Waals surface area contributed by atoms with Crippen molar-refractivity contribution in [3.63, 3.8) is 0 Å². The third kappa shape index (κ3) is 4.47. The lowest BCUT2D eigenvalue weighted by atomic mass is 10.00. The molecule has 5 nitrogen and oxygen atoms in total. The van der Waals surface area contributed by atoms with Gasteiger partial charge in [0, 0.05) is 18.1 Å². The molecule has 0 unspecified atom stereocenters. The van der Waals surface area contributed by atoms with Gasteiger partial charge in [0.25, 0.3) is 0 Å². The van der Waals surface area contributed by atoms with E-state index in [1.54, 1.807) is 36.4 Å². The van der Waals surface area contributed by atoms with Gasteiger partial charge in [-0.3, -0.25) is 9.59 Å². The van der Waals surface area contributed by atoms with E-state index in [-0.39, 0.29) is 18.1 Å². The SMILES string of the molecule is O=C(CCc1ccccc1)Nc1cc2c(cc1C(=O)c1ccccc1Cl)OCCO2. The van der Waals surface area contributed by atoms with Gasteiger partial charge in [-0.15, -0.1) is 0 Å². The lowest BCUT2D eigenvalue weighted by Crippen LogP contribution is -2.19. The van der Waals surface area contributed by atoms with Crippen LogP contribution in [0.25, 0.3) is 0 Å². The number of fused-ring (bicyclic) bond motifs is 1. The summed E-state index contributed by atoms with van der Waals surface area (Å²) in [7, 11) is 0. The van der Waals surface area contributed by atoms with Crippen LogP contribution in [0.4, 0.5) is 5.69 Å². The second-order valence-electron chi connectivity index (χ2n) is 6.88. The van der Waals surface area contributed by atoms with Crippen LogP contribution in [0, 0.1) is 0 Å². The summed E-state index contributed by atoms with van der Waals surface area (Å²) in [6.07, 6.45) is 0.892. The van der Waals surface area contributed by atoms with Crippen LogP contribution in [0.1, 0.15) is 27.9 Å². The number of hydrogen-bond acceptors (Lipinski definition) is 4. The van der Waals surface area contributed by atoms with Crippen molar-refractivity contribution in [2.75, 3.05) is 18.5 Å². The molecule has 0 spiro atoms. The molecule has 1 amide bonds. The van der Waals surface area contributed by atoms with Gasteiger partial charge in [0.1, 0.15) is 13.2 Å². The van der Waals surface area contributed by atoms with Crippen molar-refractivity contribution in [1.29, 1.82) is 0 Å². The highest BCUT2D eigenvalue weighted by Gasteiger charge is 2.23. The van der Waals surface area contributed by atoms with E-state index in [2.05, 4.69) is 5.32 Å². The number of amides is 1. The van der Waals surface area contributed by atoms with Crippen LogP contribution in [-0.4, -0.2) is 24.9 Å². The lowest BCUT2D eigenvalue weighted by Gasteiger charge is -2.21. The largest absolute Gasteiger partial charge is 0.486 e. The van der Waals surface area contributed by atoms with E-state index in [9.17, 15) is 9.59 Å². The average Bonchev–Trinajstić information content (AvgIpc) is 2.78. The Kier molecular flexibility index (Phi) is 6.00. The number of nitrogens with one attached hydrogen (secondary N) is 1. The van der Waals surface area contributed by atoms with Gasteiger partial charge in [0.2, 0.25) is 5.91 Å². The molecule has 0 bridgehead atoms. The molecule has 0 aliphatic carbocycles. The normalized spacial score (nSPS) is 12.3. The van der Waals surface area contributed by atoms with Crippen LogP contribution in [0.15, 0.2) is 66.7 Å². The molecule has 0 radical (unpaired) electrons. The first-order valence-electron chi connectivity index (χ1n) is 9.68. The van der Waals surface area contributed by atoms with E-state index in [1.807, 2.05) is 30.3 Å². The van der Waals surface area contributed by atoms with Crippen LogP contribution in [-0.2, 0) is 11.2 Å². The zero-order valence-electron chi connectivity index (χ0n) is 16.2. The number of rotatable bonds is 6. The van der Waals surface area contributed by atoms with Crippen molar-refractivity contribution in [2.45, 2.75) is 12.8 Å². The van der Waals surface area contributed by atoms with Gasteiger partial charge < -0.3 is 14.8 Å². The Bertz CT molecular complexity index is 1080. The quantitative estimate of drug-likeness (QED) is 0.574. The minimum atomic E-state index is -0.295. The van der Waals surface area contributed by atoms with Gasteiger partial charge in [-0.25, -0.2) is 0 Å². The molecular formula is C24H20ClNO4. The van der Waals surface area contributed by atoms with Crippen LogP contribution in [0.3, 0.4) is 0 Å². The van der Waals surface area contributed by atoms with Gasteiger partial charge in [-0.1, -0.05) is 54.1 Å². The molecule has 0 saturated heterocycles. The van der Waals surface area contributed by atoms with Crippen molar-refractivity contribution in [3.05, 3.63) is 88.4 Å². The molecule has 1 heterocycles. The second kappa shape index (κ2) is 9.01. The van der Waals surface area contributed by atoms with E-state index in [1.165, 1.54) is 0 Å². The van der Waals surface area contributed by atoms with Crippen LogP contribution in [0.5, 0.6) is 11.5 Å². The van der Waals surface area contributed by atoms with Crippen LogP contribution in [0.2, 0.25) is 5.02 Å². The third-order valence-electron chi connectivity index (χ3n) is 4.80. The first kappa shape index (κ1) is 20.0. The van der Waals surface area contributed by atoms with E-state index in [0.717, 1.165) is 5.56 Å². The summed E-state index contributed by atoms with van der Waals surface area (Å²) in [5.74, 6) is 0.480. The number of carbonyl (C=O) groups is 2. The first-order chi connectivity index (χ1) is 14.6. The van der Waals surface area contributed by atoms with Crippen molar-refractivity contribution in [1.82, 2.24) is 0 Å². The van der Waals surface area contributed by atoms with Crippen LogP contribution < -0.4 is 14.8 Å². The summed E-state index contributed by atoms with van der Waals surface area (Å²) < 4.78 is 11.2. The molecule has 3 aromatic rings. The molecule has 1 N–H and O–H groups in total. The number of halogens is 1. The molecule has 1 aliphatic rings. The number of ether oxygens (including phenoxy) is 2. The number of ketones is 1. The van der Waals surface area contributed by atoms with Crippen molar-refractivity contribution < 1.29 is 19.1 Å². The highest BCUT2D eigenvalue weighted by atomic mass is 35.5. The zero-order chi connectivity index (χ0) is 20.9. The molecular weight excluding hydrogens is 402 g/mol. The predicted molar refractivity (Wildman–Crippen MR) is 116 cm³/mol. The van der Waals surface area contributed by atoms with Crippen LogP contribution >= 0.6 is 11.6 Å². The minimum Gasteiger partial charge on any atom is -0.486 e. The fraction of sp³-hybridized carbons (Fsp3) is 0.167. The Balaban J connectivity index is 1.61. The molecule has 4 rings (SSSR count). The first-order valence-corrected chi connectivity index (χ1v) is 10.1. The van der Waals surface area contributed by atoms with Crippen molar-refractivity contribution >= 4 is 29.0 Å². The van der Waals surface area contributed by atoms with E-state index in [0.29, 0.717) is 53.0 Å². The highest BCUT2D eigenvalue weighted by Crippen LogP contribution is 2.37. The number of anilines is 1. The standard InChI is InChI=1S/C24H20ClNO4/c25-19-9-5-4-8-17(19)24(28)18-14-21-22(30-13-12-29-21)15-20(18)26-23(27)11-10-16-6-2-1-3-7-16/h1-9,14-15H,10-13H2,(H,26,27). The molecule has 0 saturated carbocycles. The molecule has 3 aromatic carbocycles. The maximum atomic E-state index is 13.2. The number of carbonyl (C=O) groups excluding carboxylic acids is 2. The van der Waals surface area contributed by atoms with Gasteiger partial charge in [-0.05, 0) is 30.2 Å². The summed E-state index contributed by atoms with van der Waals surface area (Å²) >= 11 is 6.22. The minimum absolute atomic E-state index is 0.191. The maximum Gasteiger partial charge on any atom is 0.224 e. The van der Waals surface area contributed by atoms with E-state index >= 15 is 0 Å². The maximum absolute atomic E-state index is 13.2. The average molecular weight is 422 g/mol. The smallest absolute Gasteiger partial charge is 0.224 e. The van der Waals surface area contributed by atoms with E-state index < -0.39 is 0 Å². The molecule has 0 fully saturated rings. The van der Waals surface area contributed by atoms with Gasteiger partial charge in [0.05, 0.1) is 16.3 Å². The number of hydrogen-bond donors (Lipinski definition) is 1. The van der Waals surface area contributed by atoms with E-state index in [4.69, 9.17) is 21.1 Å². The lowest BCUT2D eigenvalue weighted by molar-refractivity contribution is -0.116. The second-order valence-corrected chi connectivity index (χ2v) is 7.29. The Morgan fingerprint density at radius 3 is 2.27 bits per heavy atom. The Hall–Kier alpha value is -3.31. The topological polar surface area (TPSA) is 64.6 Å². The van der Waals surface area contributed by atoms with Crippen molar-refractivity contribution in [3.8, 4) is 11.5 Å². The zero-order valence-corrected chi connectivity index (χ0v) is 16.9. The monoisotopic (exact) mass is 421 g/mol. The molecule has 6 heteroatoms. The number of benzene rings is 3. The molecule has 30 heavy (non-hydrogen) atoms. The predicted octanol–water partition coefficient (Wildman–Crippen LogP) is 4.91. The summed E-state index contributed by atoms with van der Waals surface area (Å²) in [6.45, 7) is 0.807. The fourth-order valence-electron chi connectivity index (χ4n) is 3.29. The number of aryl methyl sites for hydroxylation is 1. The molecule has 0 atom stereocenters. The highest BCUT2D eigenvalue weighted by molar-refractivity contribution is 6.35. The Morgan fingerprint density at radius 1 is 0.867 bits per heavy atom. The summed E-state index contributed by atoms with van der Waals surface area (Å²) in [6, 6.07) is 19.8. The summed E-state index contributed by atoms with van der Waals surface area (Å²) in [5, 5.41) is 3.21. The van der Waals surface area contributed by atoms with Gasteiger partial charge >= 0.3 is 0 Å².